The number of aryl methyl sites for hydroxylation is 1. The number of benzene rings is 3. The fraction of sp³-hybridized carbons (Fsp3) is 0.185. The number of carbonyl (C=O) groups excluding carboxylic acids is 2. The molecule has 0 fully saturated rings. The smallest absolute Gasteiger partial charge is 0.343 e. The van der Waals surface area contributed by atoms with E-state index in [1.54, 1.807) is 48.5 Å². The fourth-order valence-electron chi connectivity index (χ4n) is 3.55. The van der Waals surface area contributed by atoms with E-state index in [0.29, 0.717) is 29.8 Å². The highest BCUT2D eigenvalue weighted by atomic mass is 16.5. The molecule has 0 aliphatic carbocycles. The van der Waals surface area contributed by atoms with Crippen molar-refractivity contribution in [3.05, 3.63) is 95.6 Å². The van der Waals surface area contributed by atoms with Gasteiger partial charge >= 0.3 is 11.9 Å². The third-order valence-corrected chi connectivity index (χ3v) is 5.25. The van der Waals surface area contributed by atoms with Gasteiger partial charge in [0.15, 0.2) is 5.96 Å². The van der Waals surface area contributed by atoms with E-state index in [4.69, 9.17) is 16.2 Å². The van der Waals surface area contributed by atoms with Gasteiger partial charge in [-0.2, -0.15) is 0 Å². The summed E-state index contributed by atoms with van der Waals surface area (Å²) in [5.41, 5.74) is 13.4. The number of aliphatic imine (C=N–C) groups is 1. The molecule has 0 spiro atoms. The van der Waals surface area contributed by atoms with Crippen molar-refractivity contribution in [2.75, 3.05) is 0 Å². The van der Waals surface area contributed by atoms with Crippen molar-refractivity contribution in [2.45, 2.75) is 31.7 Å². The Morgan fingerprint density at radius 1 is 0.889 bits per heavy atom. The van der Waals surface area contributed by atoms with Gasteiger partial charge in [-0.25, -0.2) is 9.79 Å². The van der Waals surface area contributed by atoms with Gasteiger partial charge in [-0.1, -0.05) is 42.5 Å². The maximum atomic E-state index is 12.5. The zero-order chi connectivity index (χ0) is 25.9. The first-order valence-electron chi connectivity index (χ1n) is 11.3. The molecular formula is C27H28N4O5. The number of hydrogen-bond acceptors (Lipinski definition) is 5. The Balaban J connectivity index is 1.50. The Morgan fingerprint density at radius 3 is 2.17 bits per heavy atom. The van der Waals surface area contributed by atoms with Crippen molar-refractivity contribution in [3.63, 3.8) is 0 Å². The second-order valence-electron chi connectivity index (χ2n) is 8.17. The zero-order valence-electron chi connectivity index (χ0n) is 19.6. The Morgan fingerprint density at radius 2 is 1.56 bits per heavy atom. The zero-order valence-corrected chi connectivity index (χ0v) is 19.6. The maximum absolute atomic E-state index is 12.5. The van der Waals surface area contributed by atoms with Crippen LogP contribution in [-0.4, -0.2) is 35.0 Å². The number of ether oxygens (including phenoxy) is 1. The summed E-state index contributed by atoms with van der Waals surface area (Å²) in [7, 11) is 0. The molecule has 0 aliphatic rings. The molecule has 0 aromatic heterocycles. The highest BCUT2D eigenvalue weighted by Gasteiger charge is 2.17. The van der Waals surface area contributed by atoms with E-state index in [2.05, 4.69) is 10.3 Å². The number of aliphatic carboxylic acids is 1. The van der Waals surface area contributed by atoms with Crippen LogP contribution in [0.2, 0.25) is 0 Å². The molecule has 0 aliphatic heterocycles. The summed E-state index contributed by atoms with van der Waals surface area (Å²) in [4.78, 5) is 39.9. The monoisotopic (exact) mass is 488 g/mol. The van der Waals surface area contributed by atoms with Crippen molar-refractivity contribution in [1.82, 2.24) is 5.32 Å². The van der Waals surface area contributed by atoms with Crippen LogP contribution >= 0.6 is 0 Å². The van der Waals surface area contributed by atoms with E-state index in [1.165, 1.54) is 0 Å². The van der Waals surface area contributed by atoms with Gasteiger partial charge in [-0.05, 0) is 60.4 Å². The van der Waals surface area contributed by atoms with Crippen LogP contribution in [0.5, 0.6) is 5.75 Å². The van der Waals surface area contributed by atoms with Gasteiger partial charge in [0.25, 0.3) is 0 Å². The van der Waals surface area contributed by atoms with Crippen LogP contribution in [0.25, 0.3) is 0 Å². The molecule has 36 heavy (non-hydrogen) atoms. The number of nitrogens with zero attached hydrogens (tertiary/aromatic N) is 1. The summed E-state index contributed by atoms with van der Waals surface area (Å²) < 4.78 is 5.39. The van der Waals surface area contributed by atoms with Gasteiger partial charge < -0.3 is 26.6 Å². The van der Waals surface area contributed by atoms with Crippen LogP contribution in [0.3, 0.4) is 0 Å². The molecule has 6 N–H and O–H groups in total. The molecule has 0 radical (unpaired) electrons. The lowest BCUT2D eigenvalue weighted by Crippen LogP contribution is -2.38. The summed E-state index contributed by atoms with van der Waals surface area (Å²) >= 11 is 0. The first kappa shape index (κ1) is 26.0. The minimum Gasteiger partial charge on any atom is -0.481 e. The summed E-state index contributed by atoms with van der Waals surface area (Å²) in [6.45, 7) is 0. The number of guanidine groups is 1. The number of carbonyl (C=O) groups is 3. The molecule has 9 heteroatoms. The number of esters is 1. The van der Waals surface area contributed by atoms with E-state index >= 15 is 0 Å². The number of nitrogens with two attached hydrogens (primary N) is 2. The summed E-state index contributed by atoms with van der Waals surface area (Å²) in [5.74, 6) is -1.43. The van der Waals surface area contributed by atoms with Crippen LogP contribution in [0.1, 0.15) is 34.3 Å². The average Bonchev–Trinajstić information content (AvgIpc) is 2.84. The number of nitrogens with one attached hydrogen (secondary N) is 1. The lowest BCUT2D eigenvalue weighted by atomic mass is 10.0. The quantitative estimate of drug-likeness (QED) is 0.140. The van der Waals surface area contributed by atoms with Crippen molar-refractivity contribution in [1.29, 1.82) is 0 Å². The molecule has 0 saturated heterocycles. The van der Waals surface area contributed by atoms with Gasteiger partial charge in [0, 0.05) is 12.5 Å². The molecule has 0 saturated carbocycles. The van der Waals surface area contributed by atoms with Crippen molar-refractivity contribution in [2.24, 2.45) is 16.5 Å². The second-order valence-corrected chi connectivity index (χ2v) is 8.17. The third kappa shape index (κ3) is 8.60. The number of carboxylic acids is 1. The molecule has 3 rings (SSSR count). The Bertz CT molecular complexity index is 1210. The first-order chi connectivity index (χ1) is 17.3. The predicted octanol–water partition coefficient (Wildman–Crippen LogP) is 2.95. The van der Waals surface area contributed by atoms with E-state index in [9.17, 15) is 19.5 Å². The molecule has 0 unspecified atom stereocenters. The molecule has 0 bridgehead atoms. The standard InChI is InChI=1S/C27H28N4O5/c28-27(29)31-21-11-9-20(10-12-21)26(35)36-23-13-6-18(7-14-23)8-15-24(32)30-22(17-25(33)34)16-19-4-2-1-3-5-19/h1-7,9-14,22H,8,15-17H2,(H,30,32)(H,33,34)(H4,28,29,31)/t22-/m1/s1. The van der Waals surface area contributed by atoms with Crippen molar-refractivity contribution < 1.29 is 24.2 Å². The first-order valence-corrected chi connectivity index (χ1v) is 11.3. The van der Waals surface area contributed by atoms with Crippen LogP contribution < -0.4 is 21.5 Å². The highest BCUT2D eigenvalue weighted by Crippen LogP contribution is 2.18. The van der Waals surface area contributed by atoms with Gasteiger partial charge in [-0.15, -0.1) is 0 Å². The summed E-state index contributed by atoms with van der Waals surface area (Å²) in [6.07, 6.45) is 0.942. The van der Waals surface area contributed by atoms with E-state index < -0.39 is 18.0 Å². The summed E-state index contributed by atoms with van der Waals surface area (Å²) in [6, 6.07) is 22.1. The van der Waals surface area contributed by atoms with Crippen LogP contribution in [-0.2, 0) is 22.4 Å². The Kier molecular flexibility index (Phi) is 9.16. The molecule has 3 aromatic carbocycles. The number of rotatable bonds is 11. The van der Waals surface area contributed by atoms with Gasteiger partial charge in [-0.3, -0.25) is 9.59 Å². The fourth-order valence-corrected chi connectivity index (χ4v) is 3.55. The van der Waals surface area contributed by atoms with E-state index in [-0.39, 0.29) is 24.7 Å². The topological polar surface area (TPSA) is 157 Å². The number of amides is 1. The largest absolute Gasteiger partial charge is 0.481 e. The lowest BCUT2D eigenvalue weighted by molar-refractivity contribution is -0.137. The molecule has 0 heterocycles. The predicted molar refractivity (Wildman–Crippen MR) is 136 cm³/mol. The third-order valence-electron chi connectivity index (χ3n) is 5.25. The minimum absolute atomic E-state index is 0.0739. The number of carboxylic acid groups (broad SMARTS) is 1. The van der Waals surface area contributed by atoms with Crippen LogP contribution in [0, 0.1) is 0 Å². The van der Waals surface area contributed by atoms with Crippen molar-refractivity contribution in [3.8, 4) is 5.75 Å². The second kappa shape index (κ2) is 12.7. The van der Waals surface area contributed by atoms with Gasteiger partial charge in [0.2, 0.25) is 5.91 Å². The van der Waals surface area contributed by atoms with Gasteiger partial charge in [0.1, 0.15) is 5.75 Å². The van der Waals surface area contributed by atoms with E-state index in [0.717, 1.165) is 11.1 Å². The molecule has 186 valence electrons. The highest BCUT2D eigenvalue weighted by molar-refractivity contribution is 5.91. The Hall–Kier alpha value is -4.66. The lowest BCUT2D eigenvalue weighted by Gasteiger charge is -2.17. The minimum atomic E-state index is -0.967. The molecule has 3 aromatic rings. The van der Waals surface area contributed by atoms with Crippen LogP contribution in [0.4, 0.5) is 5.69 Å². The SMILES string of the molecule is NC(N)=Nc1ccc(C(=O)Oc2ccc(CCC(=O)N[C@@H](CC(=O)O)Cc3ccccc3)cc2)cc1. The average molecular weight is 489 g/mol. The molecule has 1 amide bonds. The molecular weight excluding hydrogens is 460 g/mol. The maximum Gasteiger partial charge on any atom is 0.343 e. The molecule has 9 nitrogen and oxygen atoms in total. The Labute approximate surface area is 208 Å². The van der Waals surface area contributed by atoms with Crippen molar-refractivity contribution >= 4 is 29.5 Å². The van der Waals surface area contributed by atoms with Crippen LogP contribution in [0.15, 0.2) is 83.9 Å². The van der Waals surface area contributed by atoms with E-state index in [1.807, 2.05) is 30.3 Å². The summed E-state index contributed by atoms with van der Waals surface area (Å²) in [5, 5.41) is 12.0. The van der Waals surface area contributed by atoms with Gasteiger partial charge in [0.05, 0.1) is 17.7 Å². The number of hydrogen-bond donors (Lipinski definition) is 4. The molecule has 1 atom stereocenters. The normalized spacial score (nSPS) is 11.2.